The van der Waals surface area contributed by atoms with E-state index in [1.807, 2.05) is 42.7 Å². The quantitative estimate of drug-likeness (QED) is 0.555. The Bertz CT molecular complexity index is 1060. The Morgan fingerprint density at radius 3 is 2.60 bits per heavy atom. The number of para-hydroxylation sites is 2. The maximum absolute atomic E-state index is 13.1. The van der Waals surface area contributed by atoms with Gasteiger partial charge in [-0.1, -0.05) is 37.6 Å². The molecule has 7 nitrogen and oxygen atoms in total. The van der Waals surface area contributed by atoms with Gasteiger partial charge in [0.1, 0.15) is 18.5 Å². The molecule has 30 heavy (non-hydrogen) atoms. The molecule has 1 unspecified atom stereocenters. The summed E-state index contributed by atoms with van der Waals surface area (Å²) in [4.78, 5) is 29.5. The van der Waals surface area contributed by atoms with E-state index in [1.165, 1.54) is 7.11 Å². The molecule has 1 heterocycles. The lowest BCUT2D eigenvalue weighted by Gasteiger charge is -2.20. The predicted octanol–water partition coefficient (Wildman–Crippen LogP) is 4.43. The standard InChI is InChI=1S/C22H25ClN4O3/c1-4-18(27-19-9-7-6-8-17(19)25-20(27)5-2)22(29)24-14-10-11-16(15(23)12-14)26-21(28)13-30-3/h6-12,18H,4-5,13H2,1-3H3,(H,24,29)(H,26,28). The SMILES string of the molecule is CCc1nc2ccccc2n1C(CC)C(=O)Nc1ccc(NC(=O)COC)c(Cl)c1. The van der Waals surface area contributed by atoms with Gasteiger partial charge in [0.2, 0.25) is 11.8 Å². The molecule has 0 aliphatic rings. The van der Waals surface area contributed by atoms with Crippen LogP contribution in [-0.4, -0.2) is 35.1 Å². The minimum Gasteiger partial charge on any atom is -0.375 e. The fraction of sp³-hybridized carbons (Fsp3) is 0.318. The first kappa shape index (κ1) is 21.8. The van der Waals surface area contributed by atoms with Crippen molar-refractivity contribution in [3.63, 3.8) is 0 Å². The molecule has 2 amide bonds. The van der Waals surface area contributed by atoms with Crippen LogP contribution in [0.4, 0.5) is 11.4 Å². The number of carbonyl (C=O) groups is 2. The number of halogens is 1. The first-order valence-electron chi connectivity index (χ1n) is 9.83. The molecule has 0 radical (unpaired) electrons. The maximum Gasteiger partial charge on any atom is 0.250 e. The molecule has 158 valence electrons. The molecule has 2 aromatic carbocycles. The number of anilines is 2. The lowest BCUT2D eigenvalue weighted by Crippen LogP contribution is -2.26. The Labute approximate surface area is 180 Å². The topological polar surface area (TPSA) is 85.3 Å². The van der Waals surface area contributed by atoms with E-state index >= 15 is 0 Å². The van der Waals surface area contributed by atoms with E-state index in [2.05, 4.69) is 15.6 Å². The summed E-state index contributed by atoms with van der Waals surface area (Å²) in [5.41, 5.74) is 2.82. The van der Waals surface area contributed by atoms with Crippen LogP contribution in [0.25, 0.3) is 11.0 Å². The van der Waals surface area contributed by atoms with E-state index in [0.29, 0.717) is 22.8 Å². The zero-order valence-electron chi connectivity index (χ0n) is 17.2. The molecule has 0 aliphatic heterocycles. The number of carbonyl (C=O) groups excluding carboxylic acids is 2. The highest BCUT2D eigenvalue weighted by Gasteiger charge is 2.23. The van der Waals surface area contributed by atoms with Gasteiger partial charge in [-0.25, -0.2) is 4.98 Å². The number of amides is 2. The molecule has 0 fully saturated rings. The van der Waals surface area contributed by atoms with Gasteiger partial charge in [-0.15, -0.1) is 0 Å². The molecule has 0 saturated carbocycles. The molecule has 0 saturated heterocycles. The van der Waals surface area contributed by atoms with Crippen LogP contribution in [0, 0.1) is 0 Å². The smallest absolute Gasteiger partial charge is 0.250 e. The number of rotatable bonds is 8. The van der Waals surface area contributed by atoms with Crippen molar-refractivity contribution in [3.05, 3.63) is 53.3 Å². The normalized spacial score (nSPS) is 12.0. The number of imidazole rings is 1. The van der Waals surface area contributed by atoms with Gasteiger partial charge in [0.25, 0.3) is 0 Å². The Morgan fingerprint density at radius 1 is 1.17 bits per heavy atom. The minimum atomic E-state index is -0.410. The van der Waals surface area contributed by atoms with Crippen LogP contribution in [0.15, 0.2) is 42.5 Å². The van der Waals surface area contributed by atoms with Crippen molar-refractivity contribution in [1.29, 1.82) is 0 Å². The average molecular weight is 429 g/mol. The summed E-state index contributed by atoms with van der Waals surface area (Å²) < 4.78 is 6.80. The van der Waals surface area contributed by atoms with E-state index in [4.69, 9.17) is 16.3 Å². The lowest BCUT2D eigenvalue weighted by atomic mass is 10.1. The molecule has 0 aliphatic carbocycles. The highest BCUT2D eigenvalue weighted by atomic mass is 35.5. The average Bonchev–Trinajstić information content (AvgIpc) is 3.09. The second-order valence-electron chi connectivity index (χ2n) is 6.83. The van der Waals surface area contributed by atoms with Crippen molar-refractivity contribution >= 4 is 45.8 Å². The number of methoxy groups -OCH3 is 1. The van der Waals surface area contributed by atoms with Gasteiger partial charge in [0.15, 0.2) is 0 Å². The third-order valence-electron chi connectivity index (χ3n) is 4.77. The van der Waals surface area contributed by atoms with Crippen molar-refractivity contribution in [2.45, 2.75) is 32.7 Å². The number of hydrogen-bond acceptors (Lipinski definition) is 4. The van der Waals surface area contributed by atoms with Crippen LogP contribution >= 0.6 is 11.6 Å². The number of nitrogens with one attached hydrogen (secondary N) is 2. The highest BCUT2D eigenvalue weighted by molar-refractivity contribution is 6.34. The van der Waals surface area contributed by atoms with Crippen LogP contribution in [0.3, 0.4) is 0 Å². The van der Waals surface area contributed by atoms with Gasteiger partial charge < -0.3 is 19.9 Å². The van der Waals surface area contributed by atoms with Crippen molar-refractivity contribution < 1.29 is 14.3 Å². The summed E-state index contributed by atoms with van der Waals surface area (Å²) in [7, 11) is 1.44. The number of fused-ring (bicyclic) bond motifs is 1. The molecule has 8 heteroatoms. The second-order valence-corrected chi connectivity index (χ2v) is 7.24. The van der Waals surface area contributed by atoms with E-state index in [-0.39, 0.29) is 18.4 Å². The number of ether oxygens (including phenoxy) is 1. The molecular weight excluding hydrogens is 404 g/mol. The van der Waals surface area contributed by atoms with Crippen LogP contribution in [0.1, 0.15) is 32.1 Å². The van der Waals surface area contributed by atoms with Gasteiger partial charge in [-0.2, -0.15) is 0 Å². The maximum atomic E-state index is 13.1. The van der Waals surface area contributed by atoms with Crippen molar-refractivity contribution in [2.75, 3.05) is 24.4 Å². The highest BCUT2D eigenvalue weighted by Crippen LogP contribution is 2.28. The van der Waals surface area contributed by atoms with Gasteiger partial charge in [-0.05, 0) is 36.8 Å². The molecule has 3 aromatic rings. The largest absolute Gasteiger partial charge is 0.375 e. The van der Waals surface area contributed by atoms with Gasteiger partial charge in [0, 0.05) is 19.2 Å². The summed E-state index contributed by atoms with van der Waals surface area (Å²) in [5, 5.41) is 5.92. The zero-order valence-corrected chi connectivity index (χ0v) is 18.0. The molecule has 1 aromatic heterocycles. The molecule has 3 rings (SSSR count). The third-order valence-corrected chi connectivity index (χ3v) is 5.08. The fourth-order valence-corrected chi connectivity index (χ4v) is 3.64. The second kappa shape index (κ2) is 9.73. The summed E-state index contributed by atoms with van der Waals surface area (Å²) in [6, 6.07) is 12.4. The number of hydrogen-bond donors (Lipinski definition) is 2. The summed E-state index contributed by atoms with van der Waals surface area (Å²) in [6.07, 6.45) is 1.33. The van der Waals surface area contributed by atoms with Crippen LogP contribution in [0.5, 0.6) is 0 Å². The van der Waals surface area contributed by atoms with E-state index in [9.17, 15) is 9.59 Å². The minimum absolute atomic E-state index is 0.0639. The predicted molar refractivity (Wildman–Crippen MR) is 119 cm³/mol. The fourth-order valence-electron chi connectivity index (χ4n) is 3.41. The number of nitrogens with zero attached hydrogens (tertiary/aromatic N) is 2. The Morgan fingerprint density at radius 2 is 1.93 bits per heavy atom. The van der Waals surface area contributed by atoms with Gasteiger partial charge in [0.05, 0.1) is 21.7 Å². The van der Waals surface area contributed by atoms with Crippen molar-refractivity contribution in [2.24, 2.45) is 0 Å². The van der Waals surface area contributed by atoms with Crippen molar-refractivity contribution in [3.8, 4) is 0 Å². The first-order chi connectivity index (χ1) is 14.5. The summed E-state index contributed by atoms with van der Waals surface area (Å²) in [6.45, 7) is 3.93. The molecule has 0 bridgehead atoms. The van der Waals surface area contributed by atoms with E-state index < -0.39 is 6.04 Å². The van der Waals surface area contributed by atoms with Crippen LogP contribution < -0.4 is 10.6 Å². The lowest BCUT2D eigenvalue weighted by molar-refractivity contribution is -0.120. The van der Waals surface area contributed by atoms with Gasteiger partial charge in [-0.3, -0.25) is 9.59 Å². The van der Waals surface area contributed by atoms with E-state index in [0.717, 1.165) is 23.3 Å². The van der Waals surface area contributed by atoms with Crippen molar-refractivity contribution in [1.82, 2.24) is 9.55 Å². The Hall–Kier alpha value is -2.90. The zero-order chi connectivity index (χ0) is 21.7. The van der Waals surface area contributed by atoms with Crippen LogP contribution in [-0.2, 0) is 20.7 Å². The van der Waals surface area contributed by atoms with Gasteiger partial charge >= 0.3 is 0 Å². The summed E-state index contributed by atoms with van der Waals surface area (Å²) in [5.74, 6) is 0.413. The molecule has 1 atom stereocenters. The number of aromatic nitrogens is 2. The third kappa shape index (κ3) is 4.63. The van der Waals surface area contributed by atoms with E-state index in [1.54, 1.807) is 18.2 Å². The molecular formula is C22H25ClN4O3. The Balaban J connectivity index is 1.83. The number of benzene rings is 2. The monoisotopic (exact) mass is 428 g/mol. The molecule has 0 spiro atoms. The summed E-state index contributed by atoms with van der Waals surface area (Å²) >= 11 is 6.27. The molecule has 2 N–H and O–H groups in total. The van der Waals surface area contributed by atoms with Crippen LogP contribution in [0.2, 0.25) is 5.02 Å². The number of aryl methyl sites for hydroxylation is 1. The Kier molecular flexibility index (Phi) is 7.07. The first-order valence-corrected chi connectivity index (χ1v) is 10.2.